The van der Waals surface area contributed by atoms with Gasteiger partial charge >= 0.3 is 0 Å². The van der Waals surface area contributed by atoms with Crippen molar-refractivity contribution in [1.82, 2.24) is 4.98 Å². The number of hydrogen-bond acceptors (Lipinski definition) is 3. The van der Waals surface area contributed by atoms with Crippen molar-refractivity contribution in [3.05, 3.63) is 36.2 Å². The number of ketones is 1. The van der Waals surface area contributed by atoms with Crippen LogP contribution in [-0.4, -0.2) is 15.9 Å². The van der Waals surface area contributed by atoms with Gasteiger partial charge in [-0.25, -0.2) is 0 Å². The number of aromatic hydroxyl groups is 1. The maximum Gasteiger partial charge on any atom is 0.171 e. The van der Waals surface area contributed by atoms with Gasteiger partial charge in [-0.1, -0.05) is 26.8 Å². The zero-order valence-corrected chi connectivity index (χ0v) is 10.2. The summed E-state index contributed by atoms with van der Waals surface area (Å²) in [7, 11) is 0. The largest absolute Gasteiger partial charge is 0.507 e. The standard InChI is InChI=1S/C14H15NO2/c1-14(2,3)13(17)11-5-4-9-8-15-7-6-10(9)12(11)16/h4-8,16H,1-3H3. The minimum atomic E-state index is -0.502. The second kappa shape index (κ2) is 3.84. The Morgan fingerprint density at radius 3 is 2.59 bits per heavy atom. The Morgan fingerprint density at radius 2 is 1.94 bits per heavy atom. The molecule has 3 nitrogen and oxygen atoms in total. The van der Waals surface area contributed by atoms with Crippen molar-refractivity contribution in [3.63, 3.8) is 0 Å². The van der Waals surface area contributed by atoms with Gasteiger partial charge < -0.3 is 5.11 Å². The van der Waals surface area contributed by atoms with Crippen molar-refractivity contribution in [3.8, 4) is 5.75 Å². The third-order valence-corrected chi connectivity index (χ3v) is 2.72. The summed E-state index contributed by atoms with van der Waals surface area (Å²) in [4.78, 5) is 16.1. The summed E-state index contributed by atoms with van der Waals surface area (Å²) in [6, 6.07) is 5.18. The first-order chi connectivity index (χ1) is 7.91. The molecule has 1 N–H and O–H groups in total. The van der Waals surface area contributed by atoms with E-state index in [1.165, 1.54) is 0 Å². The fourth-order valence-electron chi connectivity index (χ4n) is 1.74. The Kier molecular flexibility index (Phi) is 2.62. The number of nitrogens with zero attached hydrogens (tertiary/aromatic N) is 1. The quantitative estimate of drug-likeness (QED) is 0.764. The number of hydrogen-bond donors (Lipinski definition) is 1. The first kappa shape index (κ1) is 11.6. The third-order valence-electron chi connectivity index (χ3n) is 2.72. The molecule has 0 aliphatic carbocycles. The number of rotatable bonds is 1. The molecule has 3 heteroatoms. The van der Waals surface area contributed by atoms with Crippen LogP contribution in [0.25, 0.3) is 10.8 Å². The zero-order valence-electron chi connectivity index (χ0n) is 10.2. The molecule has 88 valence electrons. The summed E-state index contributed by atoms with van der Waals surface area (Å²) < 4.78 is 0. The molecule has 1 heterocycles. The second-order valence-electron chi connectivity index (χ2n) is 5.14. The molecule has 2 rings (SSSR count). The smallest absolute Gasteiger partial charge is 0.171 e. The van der Waals surface area contributed by atoms with Gasteiger partial charge in [0.1, 0.15) is 5.75 Å². The van der Waals surface area contributed by atoms with E-state index in [0.29, 0.717) is 10.9 Å². The van der Waals surface area contributed by atoms with Crippen molar-refractivity contribution in [1.29, 1.82) is 0 Å². The van der Waals surface area contributed by atoms with Crippen LogP contribution in [0.15, 0.2) is 30.6 Å². The molecule has 2 aromatic rings. The lowest BCUT2D eigenvalue weighted by molar-refractivity contribution is 0.0855. The zero-order chi connectivity index (χ0) is 12.6. The maximum atomic E-state index is 12.2. The lowest BCUT2D eigenvalue weighted by Gasteiger charge is -2.17. The Morgan fingerprint density at radius 1 is 1.24 bits per heavy atom. The van der Waals surface area contributed by atoms with E-state index in [-0.39, 0.29) is 11.5 Å². The van der Waals surface area contributed by atoms with Crippen molar-refractivity contribution < 1.29 is 9.90 Å². The normalized spacial score (nSPS) is 11.7. The molecule has 0 aliphatic rings. The summed E-state index contributed by atoms with van der Waals surface area (Å²) in [5.74, 6) is -0.0152. The number of carbonyl (C=O) groups is 1. The van der Waals surface area contributed by atoms with Gasteiger partial charge in [0.05, 0.1) is 5.56 Å². The van der Waals surface area contributed by atoms with Crippen LogP contribution in [0.2, 0.25) is 0 Å². The fraction of sp³-hybridized carbons (Fsp3) is 0.286. The molecule has 17 heavy (non-hydrogen) atoms. The summed E-state index contributed by atoms with van der Waals surface area (Å²) >= 11 is 0. The molecule has 0 atom stereocenters. The number of benzene rings is 1. The first-order valence-electron chi connectivity index (χ1n) is 5.52. The summed E-state index contributed by atoms with van der Waals surface area (Å²) in [5.41, 5.74) is -0.130. The van der Waals surface area contributed by atoms with E-state index in [0.717, 1.165) is 5.39 Å². The van der Waals surface area contributed by atoms with E-state index >= 15 is 0 Å². The van der Waals surface area contributed by atoms with Crippen LogP contribution in [0.5, 0.6) is 5.75 Å². The summed E-state index contributed by atoms with van der Waals surface area (Å²) in [5, 5.41) is 11.6. The molecular weight excluding hydrogens is 214 g/mol. The Balaban J connectivity index is 2.65. The fourth-order valence-corrected chi connectivity index (χ4v) is 1.74. The molecule has 0 bridgehead atoms. The monoisotopic (exact) mass is 229 g/mol. The highest BCUT2D eigenvalue weighted by Gasteiger charge is 2.25. The number of Topliss-reactive ketones (excluding diaryl/α,β-unsaturated/α-hetero) is 1. The van der Waals surface area contributed by atoms with E-state index in [1.54, 1.807) is 30.6 Å². The first-order valence-corrected chi connectivity index (χ1v) is 5.52. The highest BCUT2D eigenvalue weighted by atomic mass is 16.3. The van der Waals surface area contributed by atoms with Gasteiger partial charge in [-0.15, -0.1) is 0 Å². The van der Waals surface area contributed by atoms with Gasteiger partial charge in [0.2, 0.25) is 0 Å². The third kappa shape index (κ3) is 2.00. The summed E-state index contributed by atoms with van der Waals surface area (Å²) in [6.45, 7) is 5.52. The molecule has 1 aromatic carbocycles. The van der Waals surface area contributed by atoms with Crippen molar-refractivity contribution >= 4 is 16.6 Å². The van der Waals surface area contributed by atoms with Gasteiger partial charge in [-0.2, -0.15) is 0 Å². The number of aromatic nitrogens is 1. The lowest BCUT2D eigenvalue weighted by atomic mass is 9.85. The van der Waals surface area contributed by atoms with Crippen LogP contribution in [0.3, 0.4) is 0 Å². The average molecular weight is 229 g/mol. The maximum absolute atomic E-state index is 12.2. The number of phenols is 1. The number of pyridine rings is 1. The predicted octanol–water partition coefficient (Wildman–Crippen LogP) is 3.17. The van der Waals surface area contributed by atoms with E-state index in [1.807, 2.05) is 20.8 Å². The molecule has 0 saturated carbocycles. The van der Waals surface area contributed by atoms with Crippen LogP contribution < -0.4 is 0 Å². The van der Waals surface area contributed by atoms with E-state index in [2.05, 4.69) is 4.98 Å². The van der Waals surface area contributed by atoms with Crippen LogP contribution in [-0.2, 0) is 0 Å². The molecule has 0 unspecified atom stereocenters. The molecule has 0 spiro atoms. The van der Waals surface area contributed by atoms with Gasteiger partial charge in [-0.05, 0) is 12.1 Å². The number of carbonyl (C=O) groups excluding carboxylic acids is 1. The van der Waals surface area contributed by atoms with Crippen LogP contribution in [0.1, 0.15) is 31.1 Å². The minimum absolute atomic E-state index is 0.0461. The van der Waals surface area contributed by atoms with E-state index in [4.69, 9.17) is 0 Å². The van der Waals surface area contributed by atoms with Gasteiger partial charge in [0.15, 0.2) is 5.78 Å². The van der Waals surface area contributed by atoms with E-state index in [9.17, 15) is 9.90 Å². The molecular formula is C14H15NO2. The SMILES string of the molecule is CC(C)(C)C(=O)c1ccc2cnccc2c1O. The molecule has 0 fully saturated rings. The second-order valence-corrected chi connectivity index (χ2v) is 5.14. The van der Waals surface area contributed by atoms with E-state index < -0.39 is 5.41 Å². The summed E-state index contributed by atoms with van der Waals surface area (Å²) in [6.07, 6.45) is 3.27. The number of phenolic OH excluding ortho intramolecular Hbond substituents is 1. The molecule has 0 radical (unpaired) electrons. The minimum Gasteiger partial charge on any atom is -0.507 e. The Labute approximate surface area is 100 Å². The van der Waals surface area contributed by atoms with Gasteiger partial charge in [0, 0.05) is 28.6 Å². The average Bonchev–Trinajstić information content (AvgIpc) is 2.28. The molecule has 1 aromatic heterocycles. The molecule has 0 amide bonds. The van der Waals surface area contributed by atoms with Gasteiger partial charge in [-0.3, -0.25) is 9.78 Å². The highest BCUT2D eigenvalue weighted by molar-refractivity contribution is 6.06. The van der Waals surface area contributed by atoms with Crippen LogP contribution in [0.4, 0.5) is 0 Å². The van der Waals surface area contributed by atoms with Crippen molar-refractivity contribution in [2.24, 2.45) is 5.41 Å². The molecule has 0 saturated heterocycles. The topological polar surface area (TPSA) is 50.2 Å². The Hall–Kier alpha value is -1.90. The van der Waals surface area contributed by atoms with Crippen molar-refractivity contribution in [2.75, 3.05) is 0 Å². The van der Waals surface area contributed by atoms with Crippen molar-refractivity contribution in [2.45, 2.75) is 20.8 Å². The van der Waals surface area contributed by atoms with Crippen LogP contribution >= 0.6 is 0 Å². The highest BCUT2D eigenvalue weighted by Crippen LogP contribution is 2.32. The lowest BCUT2D eigenvalue weighted by Crippen LogP contribution is -2.20. The van der Waals surface area contributed by atoms with Crippen LogP contribution in [0, 0.1) is 5.41 Å². The number of fused-ring (bicyclic) bond motifs is 1. The Bertz CT molecular complexity index is 582. The van der Waals surface area contributed by atoms with Gasteiger partial charge in [0.25, 0.3) is 0 Å². The predicted molar refractivity (Wildman–Crippen MR) is 67.2 cm³/mol. The molecule has 0 aliphatic heterocycles.